The van der Waals surface area contributed by atoms with Gasteiger partial charge in [-0.1, -0.05) is 39.0 Å². The maximum atomic E-state index is 12.7. The molecule has 2 rings (SSSR count). The van der Waals surface area contributed by atoms with E-state index in [4.69, 9.17) is 5.73 Å². The Labute approximate surface area is 117 Å². The number of nitrogens with zero attached hydrogens (tertiary/aromatic N) is 1. The second-order valence-corrected chi connectivity index (χ2v) is 6.65. The fourth-order valence-corrected chi connectivity index (χ4v) is 3.83. The molecule has 3 unspecified atom stereocenters. The zero-order chi connectivity index (χ0) is 13.8. The average Bonchev–Trinajstić information content (AvgIpc) is 2.69. The maximum Gasteiger partial charge on any atom is 0.225 e. The summed E-state index contributed by atoms with van der Waals surface area (Å²) < 4.78 is 0. The Bertz CT molecular complexity index is 297. The highest BCUT2D eigenvalue weighted by atomic mass is 16.2. The molecule has 2 fully saturated rings. The zero-order valence-corrected chi connectivity index (χ0v) is 12.6. The van der Waals surface area contributed by atoms with Gasteiger partial charge in [-0.3, -0.25) is 4.79 Å². The zero-order valence-electron chi connectivity index (χ0n) is 12.6. The van der Waals surface area contributed by atoms with Gasteiger partial charge < -0.3 is 10.6 Å². The molecule has 0 bridgehead atoms. The first-order valence-corrected chi connectivity index (χ1v) is 8.13. The highest BCUT2D eigenvalue weighted by molar-refractivity contribution is 5.79. The second-order valence-electron chi connectivity index (χ2n) is 6.65. The standard InChI is InChI=1S/C16H30N2O/c1-12-14(10-7-11-15(12)17)16(19)18(2)13-8-5-3-4-6-9-13/h12-15H,3-11,17H2,1-2H3. The van der Waals surface area contributed by atoms with Crippen LogP contribution in [0, 0.1) is 11.8 Å². The Balaban J connectivity index is 1.97. The topological polar surface area (TPSA) is 46.3 Å². The van der Waals surface area contributed by atoms with Crippen LogP contribution in [0.4, 0.5) is 0 Å². The lowest BCUT2D eigenvalue weighted by molar-refractivity contribution is -0.139. The Morgan fingerprint density at radius 3 is 2.26 bits per heavy atom. The largest absolute Gasteiger partial charge is 0.343 e. The lowest BCUT2D eigenvalue weighted by Crippen LogP contribution is -2.47. The van der Waals surface area contributed by atoms with Crippen LogP contribution in [-0.2, 0) is 4.79 Å². The van der Waals surface area contributed by atoms with E-state index in [1.807, 2.05) is 7.05 Å². The second kappa shape index (κ2) is 6.74. The summed E-state index contributed by atoms with van der Waals surface area (Å²) in [5, 5.41) is 0. The molecule has 2 N–H and O–H groups in total. The molecule has 0 aromatic rings. The number of carbonyl (C=O) groups is 1. The number of amides is 1. The van der Waals surface area contributed by atoms with Crippen molar-refractivity contribution in [2.24, 2.45) is 17.6 Å². The summed E-state index contributed by atoms with van der Waals surface area (Å²) in [6.45, 7) is 2.16. The first-order chi connectivity index (χ1) is 9.11. The van der Waals surface area contributed by atoms with E-state index in [1.165, 1.54) is 38.5 Å². The van der Waals surface area contributed by atoms with Gasteiger partial charge in [0.25, 0.3) is 0 Å². The molecule has 3 heteroatoms. The third-order valence-electron chi connectivity index (χ3n) is 5.40. The van der Waals surface area contributed by atoms with Crippen LogP contribution in [-0.4, -0.2) is 29.9 Å². The minimum atomic E-state index is 0.164. The third kappa shape index (κ3) is 3.50. The lowest BCUT2D eigenvalue weighted by atomic mass is 9.76. The number of nitrogens with two attached hydrogens (primary N) is 1. The van der Waals surface area contributed by atoms with E-state index in [0.717, 1.165) is 19.3 Å². The van der Waals surface area contributed by atoms with E-state index in [0.29, 0.717) is 17.9 Å². The van der Waals surface area contributed by atoms with Gasteiger partial charge in [0.1, 0.15) is 0 Å². The molecule has 0 aliphatic heterocycles. The van der Waals surface area contributed by atoms with Gasteiger partial charge >= 0.3 is 0 Å². The van der Waals surface area contributed by atoms with Crippen molar-refractivity contribution in [2.45, 2.75) is 76.8 Å². The summed E-state index contributed by atoms with van der Waals surface area (Å²) in [6.07, 6.45) is 10.8. The van der Waals surface area contributed by atoms with Gasteiger partial charge in [0.05, 0.1) is 0 Å². The molecule has 2 aliphatic carbocycles. The minimum absolute atomic E-state index is 0.164. The molecule has 3 atom stereocenters. The molecule has 0 aromatic carbocycles. The van der Waals surface area contributed by atoms with E-state index < -0.39 is 0 Å². The highest BCUT2D eigenvalue weighted by Gasteiger charge is 2.35. The molecule has 0 heterocycles. The van der Waals surface area contributed by atoms with Crippen molar-refractivity contribution in [1.82, 2.24) is 4.90 Å². The highest BCUT2D eigenvalue weighted by Crippen LogP contribution is 2.32. The van der Waals surface area contributed by atoms with Crippen molar-refractivity contribution in [3.05, 3.63) is 0 Å². The van der Waals surface area contributed by atoms with Crippen LogP contribution < -0.4 is 5.73 Å². The van der Waals surface area contributed by atoms with Gasteiger partial charge in [0.15, 0.2) is 0 Å². The SMILES string of the molecule is CC1C(N)CCCC1C(=O)N(C)C1CCCCCC1. The summed E-state index contributed by atoms with van der Waals surface area (Å²) in [5.74, 6) is 0.862. The third-order valence-corrected chi connectivity index (χ3v) is 5.40. The Morgan fingerprint density at radius 2 is 1.63 bits per heavy atom. The van der Waals surface area contributed by atoms with Crippen LogP contribution in [0.3, 0.4) is 0 Å². The van der Waals surface area contributed by atoms with Gasteiger partial charge in [0.2, 0.25) is 5.91 Å². The molecule has 0 spiro atoms. The number of rotatable bonds is 2. The predicted octanol–water partition coefficient (Wildman–Crippen LogP) is 2.93. The van der Waals surface area contributed by atoms with Crippen LogP contribution in [0.5, 0.6) is 0 Å². The number of hydrogen-bond donors (Lipinski definition) is 1. The molecular weight excluding hydrogens is 236 g/mol. The summed E-state index contributed by atoms with van der Waals surface area (Å²) in [6, 6.07) is 0.686. The van der Waals surface area contributed by atoms with Crippen LogP contribution in [0.15, 0.2) is 0 Å². The summed E-state index contributed by atoms with van der Waals surface area (Å²) >= 11 is 0. The monoisotopic (exact) mass is 266 g/mol. The summed E-state index contributed by atoms with van der Waals surface area (Å²) in [5.41, 5.74) is 6.14. The first kappa shape index (κ1) is 14.8. The molecule has 19 heavy (non-hydrogen) atoms. The number of carbonyl (C=O) groups excluding carboxylic acids is 1. The lowest BCUT2D eigenvalue weighted by Gasteiger charge is -2.37. The van der Waals surface area contributed by atoms with Crippen LogP contribution in [0.25, 0.3) is 0 Å². The molecule has 2 aliphatic rings. The Morgan fingerprint density at radius 1 is 1.00 bits per heavy atom. The van der Waals surface area contributed by atoms with E-state index in [-0.39, 0.29) is 12.0 Å². The fourth-order valence-electron chi connectivity index (χ4n) is 3.83. The van der Waals surface area contributed by atoms with Crippen molar-refractivity contribution < 1.29 is 4.79 Å². The van der Waals surface area contributed by atoms with Gasteiger partial charge in [0, 0.05) is 25.0 Å². The molecule has 0 aromatic heterocycles. The smallest absolute Gasteiger partial charge is 0.225 e. The van der Waals surface area contributed by atoms with Crippen LogP contribution in [0.2, 0.25) is 0 Å². The van der Waals surface area contributed by atoms with Gasteiger partial charge in [-0.15, -0.1) is 0 Å². The van der Waals surface area contributed by atoms with Crippen molar-refractivity contribution in [3.8, 4) is 0 Å². The maximum absolute atomic E-state index is 12.7. The molecule has 1 amide bonds. The van der Waals surface area contributed by atoms with Crippen molar-refractivity contribution in [2.75, 3.05) is 7.05 Å². The Kier molecular flexibility index (Phi) is 5.26. The Hall–Kier alpha value is -0.570. The van der Waals surface area contributed by atoms with Crippen molar-refractivity contribution in [1.29, 1.82) is 0 Å². The fraction of sp³-hybridized carbons (Fsp3) is 0.938. The van der Waals surface area contributed by atoms with Crippen molar-refractivity contribution >= 4 is 5.91 Å². The quantitative estimate of drug-likeness (QED) is 0.781. The first-order valence-electron chi connectivity index (χ1n) is 8.13. The number of hydrogen-bond acceptors (Lipinski definition) is 2. The molecule has 110 valence electrons. The molecule has 2 saturated carbocycles. The average molecular weight is 266 g/mol. The summed E-state index contributed by atoms with van der Waals surface area (Å²) in [7, 11) is 2.02. The molecule has 0 saturated heterocycles. The van der Waals surface area contributed by atoms with Crippen molar-refractivity contribution in [3.63, 3.8) is 0 Å². The van der Waals surface area contributed by atoms with E-state index in [2.05, 4.69) is 11.8 Å². The molecular formula is C16H30N2O. The van der Waals surface area contributed by atoms with Crippen LogP contribution >= 0.6 is 0 Å². The van der Waals surface area contributed by atoms with E-state index >= 15 is 0 Å². The van der Waals surface area contributed by atoms with Gasteiger partial charge in [-0.25, -0.2) is 0 Å². The van der Waals surface area contributed by atoms with Gasteiger partial charge in [-0.2, -0.15) is 0 Å². The normalized spacial score (nSPS) is 33.7. The van der Waals surface area contributed by atoms with E-state index in [9.17, 15) is 4.79 Å². The van der Waals surface area contributed by atoms with Crippen LogP contribution in [0.1, 0.15) is 64.7 Å². The summed E-state index contributed by atoms with van der Waals surface area (Å²) in [4.78, 5) is 14.8. The molecule has 3 nitrogen and oxygen atoms in total. The minimum Gasteiger partial charge on any atom is -0.343 e. The van der Waals surface area contributed by atoms with E-state index in [1.54, 1.807) is 0 Å². The van der Waals surface area contributed by atoms with Gasteiger partial charge in [-0.05, 0) is 31.6 Å². The predicted molar refractivity (Wildman–Crippen MR) is 78.7 cm³/mol. The molecule has 0 radical (unpaired) electrons.